The second-order valence-electron chi connectivity index (χ2n) is 11.7. The quantitative estimate of drug-likeness (QED) is 0.202. The fourth-order valence-corrected chi connectivity index (χ4v) is 7.80. The molecule has 2 saturated heterocycles. The molecule has 0 amide bonds. The Morgan fingerprint density at radius 3 is 2.05 bits per heavy atom. The van der Waals surface area contributed by atoms with Crippen LogP contribution in [0.15, 0.2) is 24.3 Å². The van der Waals surface area contributed by atoms with Gasteiger partial charge in [-0.05, 0) is 113 Å². The number of carboxylic acid groups (broad SMARTS) is 1. The minimum atomic E-state index is -3.67. The number of piperidine rings is 2. The number of sulfonamides is 1. The van der Waals surface area contributed by atoms with Crippen LogP contribution in [0.1, 0.15) is 89.5 Å². The molecule has 0 spiro atoms. The Kier molecular flexibility index (Phi) is 14.8. The highest BCUT2D eigenvalue weighted by Gasteiger charge is 2.34. The van der Waals surface area contributed by atoms with Gasteiger partial charge >= 0.3 is 5.97 Å². The Bertz CT molecular complexity index is 944. The third kappa shape index (κ3) is 11.7. The number of unbranched alkanes of at least 4 members (excludes halogenated alkanes) is 3. The van der Waals surface area contributed by atoms with Crippen molar-refractivity contribution in [3.8, 4) is 5.75 Å². The van der Waals surface area contributed by atoms with Crippen LogP contribution in [0.3, 0.4) is 0 Å². The zero-order valence-electron chi connectivity index (χ0n) is 24.6. The van der Waals surface area contributed by atoms with Crippen molar-refractivity contribution in [2.45, 2.75) is 96.4 Å². The average Bonchev–Trinajstić information content (AvgIpc) is 2.96. The van der Waals surface area contributed by atoms with Crippen molar-refractivity contribution in [3.05, 3.63) is 29.8 Å². The van der Waals surface area contributed by atoms with Crippen molar-refractivity contribution < 1.29 is 23.1 Å². The van der Waals surface area contributed by atoms with E-state index in [9.17, 15) is 18.3 Å². The number of benzene rings is 1. The summed E-state index contributed by atoms with van der Waals surface area (Å²) in [6, 6.07) is 6.37. The Labute approximate surface area is 242 Å². The van der Waals surface area contributed by atoms with Crippen molar-refractivity contribution >= 4 is 16.0 Å². The number of nitrogens with zero attached hydrogens (tertiary/aromatic N) is 1. The van der Waals surface area contributed by atoms with E-state index >= 15 is 0 Å². The molecule has 1 aromatic rings. The Balaban J connectivity index is 1.52. The van der Waals surface area contributed by atoms with E-state index in [0.29, 0.717) is 25.4 Å². The molecule has 0 unspecified atom stereocenters. The monoisotopic (exact) mass is 579 g/mol. The van der Waals surface area contributed by atoms with Crippen LogP contribution < -0.4 is 15.4 Å². The molecule has 0 aromatic heterocycles. The van der Waals surface area contributed by atoms with E-state index in [1.54, 1.807) is 0 Å². The summed E-state index contributed by atoms with van der Waals surface area (Å²) in [5.74, 6) is 1.18. The van der Waals surface area contributed by atoms with Crippen LogP contribution in [-0.4, -0.2) is 74.9 Å². The van der Waals surface area contributed by atoms with E-state index in [2.05, 4.69) is 10.6 Å². The Hall–Kier alpha value is -1.68. The van der Waals surface area contributed by atoms with Crippen LogP contribution in [0.4, 0.5) is 0 Å². The average molecular weight is 580 g/mol. The first-order chi connectivity index (χ1) is 19.4. The molecule has 1 atom stereocenters. The van der Waals surface area contributed by atoms with Gasteiger partial charge in [-0.25, -0.2) is 8.42 Å². The normalized spacial score (nSPS) is 18.1. The van der Waals surface area contributed by atoms with E-state index < -0.39 is 22.0 Å². The maximum absolute atomic E-state index is 13.3. The molecule has 3 rings (SSSR count). The number of hydrogen-bond acceptors (Lipinski definition) is 6. The van der Waals surface area contributed by atoms with Crippen molar-refractivity contribution in [2.24, 2.45) is 11.8 Å². The molecule has 40 heavy (non-hydrogen) atoms. The largest absolute Gasteiger partial charge is 0.494 e. The van der Waals surface area contributed by atoms with E-state index in [-0.39, 0.29) is 18.7 Å². The third-order valence-electron chi connectivity index (χ3n) is 8.53. The Morgan fingerprint density at radius 2 is 1.50 bits per heavy atom. The first-order valence-electron chi connectivity index (χ1n) is 15.7. The third-order valence-corrected chi connectivity index (χ3v) is 10.5. The second-order valence-corrected chi connectivity index (χ2v) is 13.8. The maximum atomic E-state index is 13.3. The number of ether oxygens (including phenoxy) is 1. The Morgan fingerprint density at radius 1 is 0.925 bits per heavy atom. The highest BCUT2D eigenvalue weighted by Crippen LogP contribution is 2.23. The minimum Gasteiger partial charge on any atom is -0.494 e. The van der Waals surface area contributed by atoms with Gasteiger partial charge in [0.25, 0.3) is 0 Å². The number of carboxylic acids is 1. The lowest BCUT2D eigenvalue weighted by Gasteiger charge is -2.29. The fraction of sp³-hybridized carbons (Fsp3) is 0.774. The van der Waals surface area contributed by atoms with Gasteiger partial charge in [-0.3, -0.25) is 4.79 Å². The predicted molar refractivity (Wildman–Crippen MR) is 161 cm³/mol. The van der Waals surface area contributed by atoms with Crippen molar-refractivity contribution in [1.82, 2.24) is 14.9 Å². The van der Waals surface area contributed by atoms with Gasteiger partial charge in [0.2, 0.25) is 10.0 Å². The van der Waals surface area contributed by atoms with E-state index in [1.807, 2.05) is 31.2 Å². The summed E-state index contributed by atoms with van der Waals surface area (Å²) in [5, 5.41) is 16.9. The first kappa shape index (κ1) is 32.8. The smallest absolute Gasteiger partial charge is 0.322 e. The molecule has 3 N–H and O–H groups in total. The summed E-state index contributed by atoms with van der Waals surface area (Å²) in [5.41, 5.74) is 0.802. The van der Waals surface area contributed by atoms with Crippen LogP contribution in [0, 0.1) is 11.8 Å². The maximum Gasteiger partial charge on any atom is 0.322 e. The first-order valence-corrected chi connectivity index (χ1v) is 17.4. The van der Waals surface area contributed by atoms with Gasteiger partial charge in [0, 0.05) is 6.54 Å². The molecule has 0 aliphatic carbocycles. The highest BCUT2D eigenvalue weighted by atomic mass is 32.2. The summed E-state index contributed by atoms with van der Waals surface area (Å²) in [6.07, 6.45) is 12.4. The molecular formula is C31H53N3O5S. The molecule has 2 aliphatic rings. The summed E-state index contributed by atoms with van der Waals surface area (Å²) in [4.78, 5) is 12.4. The molecule has 0 bridgehead atoms. The van der Waals surface area contributed by atoms with Crippen molar-refractivity contribution in [2.75, 3.05) is 45.1 Å². The summed E-state index contributed by atoms with van der Waals surface area (Å²) >= 11 is 0. The zero-order valence-corrected chi connectivity index (χ0v) is 25.4. The molecule has 0 saturated carbocycles. The lowest BCUT2D eigenvalue weighted by Crippen LogP contribution is -2.47. The molecule has 0 radical (unpaired) electrons. The van der Waals surface area contributed by atoms with Gasteiger partial charge in [0.1, 0.15) is 11.8 Å². The lowest BCUT2D eigenvalue weighted by molar-refractivity contribution is -0.141. The molecule has 1 aromatic carbocycles. The van der Waals surface area contributed by atoms with E-state index in [0.717, 1.165) is 81.9 Å². The van der Waals surface area contributed by atoms with Gasteiger partial charge < -0.3 is 20.5 Å². The molecular weight excluding hydrogens is 526 g/mol. The van der Waals surface area contributed by atoms with Gasteiger partial charge in [-0.2, -0.15) is 4.31 Å². The van der Waals surface area contributed by atoms with Crippen LogP contribution in [0.5, 0.6) is 5.75 Å². The van der Waals surface area contributed by atoms with Crippen molar-refractivity contribution in [1.29, 1.82) is 0 Å². The molecule has 2 heterocycles. The standard InChI is InChI=1S/C31H53N3O5S/c1-2-3-24-40(37,38)34(22-6-4-8-26-14-18-32-19-15-26)30(31(35)36)25-28-10-12-29(13-11-28)39-23-7-5-9-27-16-20-33-21-17-27/h10-13,26-27,30,32-33H,2-9,14-25H2,1H3,(H,35,36)/t30-/m0/s1. The van der Waals surface area contributed by atoms with Crippen LogP contribution in [-0.2, 0) is 21.2 Å². The van der Waals surface area contributed by atoms with Crippen LogP contribution >= 0.6 is 0 Å². The molecule has 2 aliphatic heterocycles. The van der Waals surface area contributed by atoms with Gasteiger partial charge in [0.05, 0.1) is 12.4 Å². The van der Waals surface area contributed by atoms with Gasteiger partial charge in [-0.1, -0.05) is 44.7 Å². The second kappa shape index (κ2) is 18.0. The SMILES string of the molecule is CCCCS(=O)(=O)N(CCCCC1CCNCC1)[C@@H](Cc1ccc(OCCCCC2CCNCC2)cc1)C(=O)O. The molecule has 228 valence electrons. The predicted octanol–water partition coefficient (Wildman–Crippen LogP) is 4.83. The summed E-state index contributed by atoms with van der Waals surface area (Å²) in [7, 11) is -3.67. The number of nitrogens with one attached hydrogen (secondary N) is 2. The minimum absolute atomic E-state index is 0.00795. The van der Waals surface area contributed by atoms with Crippen LogP contribution in [0.2, 0.25) is 0 Å². The topological polar surface area (TPSA) is 108 Å². The van der Waals surface area contributed by atoms with E-state index in [4.69, 9.17) is 4.74 Å². The molecule has 2 fully saturated rings. The van der Waals surface area contributed by atoms with Crippen molar-refractivity contribution in [3.63, 3.8) is 0 Å². The zero-order chi connectivity index (χ0) is 28.6. The van der Waals surface area contributed by atoms with Crippen LogP contribution in [0.25, 0.3) is 0 Å². The van der Waals surface area contributed by atoms with E-state index in [1.165, 1.54) is 30.0 Å². The number of hydrogen-bond donors (Lipinski definition) is 3. The number of carbonyl (C=O) groups is 1. The highest BCUT2D eigenvalue weighted by molar-refractivity contribution is 7.89. The molecule has 8 nitrogen and oxygen atoms in total. The summed E-state index contributed by atoms with van der Waals surface area (Å²) < 4.78 is 33.8. The summed E-state index contributed by atoms with van der Waals surface area (Å²) in [6.45, 7) is 7.24. The molecule has 9 heteroatoms. The number of aliphatic carboxylic acids is 1. The number of rotatable bonds is 19. The van der Waals surface area contributed by atoms with Gasteiger partial charge in [-0.15, -0.1) is 0 Å². The lowest BCUT2D eigenvalue weighted by atomic mass is 9.92. The fourth-order valence-electron chi connectivity index (χ4n) is 5.96. The van der Waals surface area contributed by atoms with Gasteiger partial charge in [0.15, 0.2) is 0 Å².